The maximum Gasteiger partial charge on any atom is 0.251 e. The summed E-state index contributed by atoms with van der Waals surface area (Å²) in [7, 11) is 4.05. The number of benzene rings is 1. The largest absolute Gasteiger partial charge is 0.352 e. The number of nitrogens with zero attached hydrogens (tertiary/aromatic N) is 1. The Kier molecular flexibility index (Phi) is 5.43. The van der Waals surface area contributed by atoms with E-state index in [4.69, 9.17) is 0 Å². The molecule has 0 aliphatic carbocycles. The molecule has 1 amide bonds. The van der Waals surface area contributed by atoms with Crippen molar-refractivity contribution in [2.75, 3.05) is 20.6 Å². The van der Waals surface area contributed by atoms with E-state index in [2.05, 4.69) is 16.8 Å². The fourth-order valence-electron chi connectivity index (χ4n) is 1.52. The standard InChI is InChI=1S/C14H20N2O/c1-4-5-10-15-14(17)13-8-6-12(7-9-13)11-16(2)3/h4,6-9H,1,5,10-11H2,2-3H3,(H,15,17). The van der Waals surface area contributed by atoms with Gasteiger partial charge >= 0.3 is 0 Å². The van der Waals surface area contributed by atoms with Crippen molar-refractivity contribution in [1.29, 1.82) is 0 Å². The van der Waals surface area contributed by atoms with E-state index >= 15 is 0 Å². The minimum absolute atomic E-state index is 0.0248. The second kappa shape index (κ2) is 6.86. The number of hydrogen-bond donors (Lipinski definition) is 1. The van der Waals surface area contributed by atoms with Gasteiger partial charge in [-0.1, -0.05) is 18.2 Å². The molecule has 0 heterocycles. The van der Waals surface area contributed by atoms with Crippen molar-refractivity contribution < 1.29 is 4.79 Å². The van der Waals surface area contributed by atoms with Crippen molar-refractivity contribution in [1.82, 2.24) is 10.2 Å². The second-order valence-corrected chi connectivity index (χ2v) is 4.27. The van der Waals surface area contributed by atoms with E-state index in [0.717, 1.165) is 13.0 Å². The first-order valence-corrected chi connectivity index (χ1v) is 5.76. The zero-order valence-electron chi connectivity index (χ0n) is 10.6. The Bertz CT molecular complexity index is 368. The molecule has 0 aliphatic rings. The van der Waals surface area contributed by atoms with Gasteiger partial charge in [-0.05, 0) is 38.2 Å². The number of nitrogens with one attached hydrogen (secondary N) is 1. The van der Waals surface area contributed by atoms with Crippen LogP contribution in [-0.2, 0) is 6.54 Å². The van der Waals surface area contributed by atoms with Crippen LogP contribution in [0.3, 0.4) is 0 Å². The Hall–Kier alpha value is -1.61. The molecule has 1 aromatic rings. The van der Waals surface area contributed by atoms with Gasteiger partial charge in [0.25, 0.3) is 5.91 Å². The van der Waals surface area contributed by atoms with Gasteiger partial charge in [-0.3, -0.25) is 4.79 Å². The van der Waals surface area contributed by atoms with Crippen LogP contribution < -0.4 is 5.32 Å². The summed E-state index contributed by atoms with van der Waals surface area (Å²) in [6.45, 7) is 5.14. The van der Waals surface area contributed by atoms with Crippen molar-refractivity contribution >= 4 is 5.91 Å². The Morgan fingerprint density at radius 1 is 1.35 bits per heavy atom. The average molecular weight is 232 g/mol. The molecule has 92 valence electrons. The molecule has 1 N–H and O–H groups in total. The van der Waals surface area contributed by atoms with Gasteiger partial charge in [-0.25, -0.2) is 0 Å². The first-order chi connectivity index (χ1) is 8.13. The van der Waals surface area contributed by atoms with Gasteiger partial charge in [0.1, 0.15) is 0 Å². The summed E-state index contributed by atoms with van der Waals surface area (Å²) in [4.78, 5) is 13.8. The molecule has 1 rings (SSSR count). The summed E-state index contributed by atoms with van der Waals surface area (Å²) in [6.07, 6.45) is 2.59. The highest BCUT2D eigenvalue weighted by Crippen LogP contribution is 2.06. The number of hydrogen-bond acceptors (Lipinski definition) is 2. The smallest absolute Gasteiger partial charge is 0.251 e. The molecule has 0 bridgehead atoms. The van der Waals surface area contributed by atoms with Crippen molar-refractivity contribution in [3.05, 3.63) is 48.0 Å². The lowest BCUT2D eigenvalue weighted by molar-refractivity contribution is 0.0954. The van der Waals surface area contributed by atoms with Crippen LogP contribution in [0.4, 0.5) is 0 Å². The monoisotopic (exact) mass is 232 g/mol. The predicted molar refractivity (Wildman–Crippen MR) is 71.0 cm³/mol. The lowest BCUT2D eigenvalue weighted by Gasteiger charge is -2.10. The molecular weight excluding hydrogens is 212 g/mol. The average Bonchev–Trinajstić information content (AvgIpc) is 2.29. The van der Waals surface area contributed by atoms with Gasteiger partial charge in [0.05, 0.1) is 0 Å². The minimum Gasteiger partial charge on any atom is -0.352 e. The molecule has 0 aromatic heterocycles. The van der Waals surface area contributed by atoms with E-state index in [-0.39, 0.29) is 5.91 Å². The lowest BCUT2D eigenvalue weighted by Crippen LogP contribution is -2.24. The molecule has 3 nitrogen and oxygen atoms in total. The fraction of sp³-hybridized carbons (Fsp3) is 0.357. The Labute approximate surface area is 103 Å². The SMILES string of the molecule is C=CCCNC(=O)c1ccc(CN(C)C)cc1. The molecule has 0 fully saturated rings. The maximum atomic E-state index is 11.7. The van der Waals surface area contributed by atoms with E-state index in [1.807, 2.05) is 38.4 Å². The van der Waals surface area contributed by atoms with Crippen LogP contribution in [0.5, 0.6) is 0 Å². The third kappa shape index (κ3) is 4.83. The first-order valence-electron chi connectivity index (χ1n) is 5.76. The first kappa shape index (κ1) is 13.5. The molecule has 0 atom stereocenters. The van der Waals surface area contributed by atoms with Crippen LogP contribution in [0.15, 0.2) is 36.9 Å². The summed E-state index contributed by atoms with van der Waals surface area (Å²) >= 11 is 0. The van der Waals surface area contributed by atoms with E-state index in [1.165, 1.54) is 5.56 Å². The van der Waals surface area contributed by atoms with Crippen LogP contribution in [0, 0.1) is 0 Å². The topological polar surface area (TPSA) is 32.3 Å². The molecule has 0 spiro atoms. The maximum absolute atomic E-state index is 11.7. The fourth-order valence-corrected chi connectivity index (χ4v) is 1.52. The van der Waals surface area contributed by atoms with Gasteiger partial charge in [0.2, 0.25) is 0 Å². The Balaban J connectivity index is 2.54. The highest BCUT2D eigenvalue weighted by molar-refractivity contribution is 5.94. The second-order valence-electron chi connectivity index (χ2n) is 4.27. The number of carbonyl (C=O) groups is 1. The molecule has 0 radical (unpaired) electrons. The summed E-state index contributed by atoms with van der Waals surface area (Å²) in [5, 5.41) is 2.84. The van der Waals surface area contributed by atoms with Crippen molar-refractivity contribution in [3.63, 3.8) is 0 Å². The van der Waals surface area contributed by atoms with Gasteiger partial charge in [-0.2, -0.15) is 0 Å². The zero-order chi connectivity index (χ0) is 12.7. The van der Waals surface area contributed by atoms with Crippen LogP contribution in [-0.4, -0.2) is 31.4 Å². The van der Waals surface area contributed by atoms with E-state index in [0.29, 0.717) is 12.1 Å². The molecule has 0 saturated carbocycles. The van der Waals surface area contributed by atoms with Crippen LogP contribution in [0.25, 0.3) is 0 Å². The quantitative estimate of drug-likeness (QED) is 0.601. The highest BCUT2D eigenvalue weighted by Gasteiger charge is 2.04. The Morgan fingerprint density at radius 3 is 2.53 bits per heavy atom. The predicted octanol–water partition coefficient (Wildman–Crippen LogP) is 2.05. The summed E-state index contributed by atoms with van der Waals surface area (Å²) < 4.78 is 0. The number of rotatable bonds is 6. The third-order valence-electron chi connectivity index (χ3n) is 2.35. The minimum atomic E-state index is -0.0248. The number of amides is 1. The van der Waals surface area contributed by atoms with Gasteiger partial charge in [0.15, 0.2) is 0 Å². The molecule has 3 heteroatoms. The zero-order valence-corrected chi connectivity index (χ0v) is 10.6. The molecule has 1 aromatic carbocycles. The van der Waals surface area contributed by atoms with Gasteiger partial charge < -0.3 is 10.2 Å². The van der Waals surface area contributed by atoms with E-state index < -0.39 is 0 Å². The van der Waals surface area contributed by atoms with Crippen molar-refractivity contribution in [3.8, 4) is 0 Å². The Morgan fingerprint density at radius 2 is 2.00 bits per heavy atom. The van der Waals surface area contributed by atoms with E-state index in [1.54, 1.807) is 6.08 Å². The highest BCUT2D eigenvalue weighted by atomic mass is 16.1. The number of carbonyl (C=O) groups excluding carboxylic acids is 1. The molecule has 0 aliphatic heterocycles. The summed E-state index contributed by atoms with van der Waals surface area (Å²) in [5.41, 5.74) is 1.91. The summed E-state index contributed by atoms with van der Waals surface area (Å²) in [5.74, 6) is -0.0248. The summed E-state index contributed by atoms with van der Waals surface area (Å²) in [6, 6.07) is 7.70. The van der Waals surface area contributed by atoms with Crippen molar-refractivity contribution in [2.45, 2.75) is 13.0 Å². The van der Waals surface area contributed by atoms with Crippen LogP contribution in [0.2, 0.25) is 0 Å². The third-order valence-corrected chi connectivity index (χ3v) is 2.35. The lowest BCUT2D eigenvalue weighted by atomic mass is 10.1. The normalized spacial score (nSPS) is 10.3. The molecular formula is C14H20N2O. The van der Waals surface area contributed by atoms with Crippen LogP contribution in [0.1, 0.15) is 22.3 Å². The van der Waals surface area contributed by atoms with Gasteiger partial charge in [-0.15, -0.1) is 6.58 Å². The molecule has 0 unspecified atom stereocenters. The van der Waals surface area contributed by atoms with Crippen molar-refractivity contribution in [2.24, 2.45) is 0 Å². The van der Waals surface area contributed by atoms with Gasteiger partial charge in [0, 0.05) is 18.7 Å². The van der Waals surface area contributed by atoms with Crippen LogP contribution >= 0.6 is 0 Å². The van der Waals surface area contributed by atoms with E-state index in [9.17, 15) is 4.79 Å². The molecule has 0 saturated heterocycles. The molecule has 17 heavy (non-hydrogen) atoms.